The third-order valence-corrected chi connectivity index (χ3v) is 2.21. The van der Waals surface area contributed by atoms with Gasteiger partial charge in [0.2, 0.25) is 5.88 Å². The van der Waals surface area contributed by atoms with Crippen LogP contribution in [0.4, 0.5) is 4.39 Å². The van der Waals surface area contributed by atoms with E-state index in [1.165, 1.54) is 12.1 Å². The number of carbonyl (C=O) groups is 1. The van der Waals surface area contributed by atoms with E-state index >= 15 is 0 Å². The van der Waals surface area contributed by atoms with Gasteiger partial charge < -0.3 is 4.74 Å². The highest BCUT2D eigenvalue weighted by atomic mass is 19.1. The topological polar surface area (TPSA) is 39.2 Å². The van der Waals surface area contributed by atoms with Gasteiger partial charge in [0, 0.05) is 18.3 Å². The summed E-state index contributed by atoms with van der Waals surface area (Å²) in [5.41, 5.74) is 1.01. The van der Waals surface area contributed by atoms with Crippen molar-refractivity contribution in [2.75, 3.05) is 0 Å². The number of ether oxygens (including phenoxy) is 1. The molecule has 0 bridgehead atoms. The van der Waals surface area contributed by atoms with Gasteiger partial charge in [-0.15, -0.1) is 0 Å². The summed E-state index contributed by atoms with van der Waals surface area (Å²) in [7, 11) is 0. The molecule has 0 amide bonds. The molecule has 2 aromatic rings. The van der Waals surface area contributed by atoms with Crippen LogP contribution in [0, 0.1) is 12.7 Å². The predicted octanol–water partition coefficient (Wildman–Crippen LogP) is 3.13. The van der Waals surface area contributed by atoms with Crippen molar-refractivity contribution in [3.63, 3.8) is 0 Å². The fourth-order valence-electron chi connectivity index (χ4n) is 1.35. The molecule has 2 rings (SSSR count). The standard InChI is InChI=1S/C13H10FNO2/c1-9-4-5-15-13(6-9)17-11-3-2-10(8-16)12(14)7-11/h2-8H,1H3. The highest BCUT2D eigenvalue weighted by Gasteiger charge is 2.04. The maximum Gasteiger partial charge on any atom is 0.219 e. The lowest BCUT2D eigenvalue weighted by Gasteiger charge is -2.05. The zero-order valence-electron chi connectivity index (χ0n) is 9.18. The minimum absolute atomic E-state index is 0.00884. The quantitative estimate of drug-likeness (QED) is 0.762. The second kappa shape index (κ2) is 4.74. The first kappa shape index (κ1) is 11.3. The summed E-state index contributed by atoms with van der Waals surface area (Å²) < 4.78 is 18.7. The van der Waals surface area contributed by atoms with Gasteiger partial charge in [-0.1, -0.05) is 0 Å². The fraction of sp³-hybridized carbons (Fsp3) is 0.0769. The van der Waals surface area contributed by atoms with Crippen molar-refractivity contribution in [3.05, 3.63) is 53.5 Å². The van der Waals surface area contributed by atoms with Gasteiger partial charge in [-0.3, -0.25) is 4.79 Å². The van der Waals surface area contributed by atoms with Crippen LogP contribution in [0.15, 0.2) is 36.5 Å². The van der Waals surface area contributed by atoms with Crippen molar-refractivity contribution in [3.8, 4) is 11.6 Å². The first-order chi connectivity index (χ1) is 8.19. The Morgan fingerprint density at radius 1 is 1.29 bits per heavy atom. The van der Waals surface area contributed by atoms with Crippen LogP contribution in [0.2, 0.25) is 0 Å². The molecule has 1 heterocycles. The molecule has 1 aromatic carbocycles. The average molecular weight is 231 g/mol. The van der Waals surface area contributed by atoms with Gasteiger partial charge in [-0.25, -0.2) is 9.37 Å². The number of benzene rings is 1. The lowest BCUT2D eigenvalue weighted by atomic mass is 10.2. The molecule has 0 spiro atoms. The third-order valence-electron chi connectivity index (χ3n) is 2.21. The molecule has 0 aliphatic heterocycles. The maximum absolute atomic E-state index is 13.3. The Morgan fingerprint density at radius 3 is 2.76 bits per heavy atom. The molecule has 0 unspecified atom stereocenters. The van der Waals surface area contributed by atoms with Crippen LogP contribution >= 0.6 is 0 Å². The molecule has 86 valence electrons. The molecular weight excluding hydrogens is 221 g/mol. The van der Waals surface area contributed by atoms with Crippen LogP contribution in [0.25, 0.3) is 0 Å². The van der Waals surface area contributed by atoms with E-state index in [9.17, 15) is 9.18 Å². The van der Waals surface area contributed by atoms with E-state index in [4.69, 9.17) is 4.74 Å². The number of aryl methyl sites for hydroxylation is 1. The van der Waals surface area contributed by atoms with Crippen LogP contribution < -0.4 is 4.74 Å². The van der Waals surface area contributed by atoms with E-state index in [0.29, 0.717) is 17.9 Å². The SMILES string of the molecule is Cc1ccnc(Oc2ccc(C=O)c(F)c2)c1. The summed E-state index contributed by atoms with van der Waals surface area (Å²) >= 11 is 0. The Labute approximate surface area is 97.9 Å². The first-order valence-electron chi connectivity index (χ1n) is 5.04. The van der Waals surface area contributed by atoms with Crippen molar-refractivity contribution in [1.29, 1.82) is 0 Å². The lowest BCUT2D eigenvalue weighted by molar-refractivity contribution is 0.112. The number of hydrogen-bond donors (Lipinski definition) is 0. The number of aromatic nitrogens is 1. The predicted molar refractivity (Wildman–Crippen MR) is 60.8 cm³/mol. The number of nitrogens with zero attached hydrogens (tertiary/aromatic N) is 1. The van der Waals surface area contributed by atoms with E-state index in [-0.39, 0.29) is 5.56 Å². The van der Waals surface area contributed by atoms with Crippen LogP contribution in [0.5, 0.6) is 11.6 Å². The van der Waals surface area contributed by atoms with Crippen molar-refractivity contribution in [1.82, 2.24) is 4.98 Å². The maximum atomic E-state index is 13.3. The molecule has 0 fully saturated rings. The first-order valence-corrected chi connectivity index (χ1v) is 5.04. The largest absolute Gasteiger partial charge is 0.439 e. The normalized spacial score (nSPS) is 10.0. The average Bonchev–Trinajstić information content (AvgIpc) is 2.29. The summed E-state index contributed by atoms with van der Waals surface area (Å²) in [5, 5.41) is 0. The summed E-state index contributed by atoms with van der Waals surface area (Å²) in [5.74, 6) is 0.0969. The highest BCUT2D eigenvalue weighted by molar-refractivity contribution is 5.75. The van der Waals surface area contributed by atoms with Crippen LogP contribution in [-0.4, -0.2) is 11.3 Å². The molecule has 0 N–H and O–H groups in total. The molecule has 17 heavy (non-hydrogen) atoms. The minimum Gasteiger partial charge on any atom is -0.439 e. The number of carbonyl (C=O) groups excluding carboxylic acids is 1. The number of aldehydes is 1. The zero-order valence-corrected chi connectivity index (χ0v) is 9.18. The smallest absolute Gasteiger partial charge is 0.219 e. The molecule has 0 aliphatic rings. The second-order valence-corrected chi connectivity index (χ2v) is 3.57. The van der Waals surface area contributed by atoms with Gasteiger partial charge in [0.05, 0.1) is 5.56 Å². The summed E-state index contributed by atoms with van der Waals surface area (Å²) in [6.07, 6.45) is 2.07. The van der Waals surface area contributed by atoms with Gasteiger partial charge in [-0.2, -0.15) is 0 Å². The fourth-order valence-corrected chi connectivity index (χ4v) is 1.35. The zero-order chi connectivity index (χ0) is 12.3. The van der Waals surface area contributed by atoms with Crippen molar-refractivity contribution in [2.24, 2.45) is 0 Å². The molecule has 3 nitrogen and oxygen atoms in total. The molecule has 0 atom stereocenters. The van der Waals surface area contributed by atoms with Gasteiger partial charge in [-0.05, 0) is 30.7 Å². The molecule has 0 aliphatic carbocycles. The number of rotatable bonds is 3. The molecular formula is C13H10FNO2. The Kier molecular flexibility index (Phi) is 3.14. The van der Waals surface area contributed by atoms with Crippen molar-refractivity contribution in [2.45, 2.75) is 6.92 Å². The van der Waals surface area contributed by atoms with E-state index in [2.05, 4.69) is 4.98 Å². The van der Waals surface area contributed by atoms with Gasteiger partial charge in [0.15, 0.2) is 6.29 Å². The van der Waals surface area contributed by atoms with Gasteiger partial charge in [0.1, 0.15) is 11.6 Å². The van der Waals surface area contributed by atoms with E-state index in [1.807, 2.05) is 13.0 Å². The number of pyridine rings is 1. The van der Waals surface area contributed by atoms with E-state index < -0.39 is 5.82 Å². The molecule has 4 heteroatoms. The molecule has 0 saturated carbocycles. The minimum atomic E-state index is -0.606. The van der Waals surface area contributed by atoms with Crippen molar-refractivity contribution >= 4 is 6.29 Å². The van der Waals surface area contributed by atoms with E-state index in [1.54, 1.807) is 12.3 Å². The van der Waals surface area contributed by atoms with E-state index in [0.717, 1.165) is 11.6 Å². The second-order valence-electron chi connectivity index (χ2n) is 3.57. The molecule has 0 saturated heterocycles. The summed E-state index contributed by atoms with van der Waals surface area (Å²) in [6.45, 7) is 1.91. The summed E-state index contributed by atoms with van der Waals surface area (Å²) in [6, 6.07) is 7.63. The third kappa shape index (κ3) is 2.66. The lowest BCUT2D eigenvalue weighted by Crippen LogP contribution is -1.91. The molecule has 0 radical (unpaired) electrons. The van der Waals surface area contributed by atoms with Gasteiger partial charge >= 0.3 is 0 Å². The summed E-state index contributed by atoms with van der Waals surface area (Å²) in [4.78, 5) is 14.4. The Balaban J connectivity index is 2.24. The number of halogens is 1. The Morgan fingerprint density at radius 2 is 2.12 bits per heavy atom. The van der Waals surface area contributed by atoms with Crippen LogP contribution in [0.1, 0.15) is 15.9 Å². The Bertz CT molecular complexity index is 555. The highest BCUT2D eigenvalue weighted by Crippen LogP contribution is 2.21. The van der Waals surface area contributed by atoms with Gasteiger partial charge in [0.25, 0.3) is 0 Å². The Hall–Kier alpha value is -2.23. The van der Waals surface area contributed by atoms with Crippen LogP contribution in [-0.2, 0) is 0 Å². The molecule has 1 aromatic heterocycles. The monoisotopic (exact) mass is 231 g/mol. The number of hydrogen-bond acceptors (Lipinski definition) is 3. The van der Waals surface area contributed by atoms with Crippen LogP contribution in [0.3, 0.4) is 0 Å². The van der Waals surface area contributed by atoms with Crippen molar-refractivity contribution < 1.29 is 13.9 Å².